The molecule has 0 saturated carbocycles. The topological polar surface area (TPSA) is 88.5 Å². The highest BCUT2D eigenvalue weighted by Crippen LogP contribution is 2.26. The molecule has 0 unspecified atom stereocenters. The summed E-state index contributed by atoms with van der Waals surface area (Å²) in [5.74, 6) is 0.638. The minimum absolute atomic E-state index is 0.0485. The third kappa shape index (κ3) is 3.30. The van der Waals surface area contributed by atoms with Crippen molar-refractivity contribution in [2.24, 2.45) is 7.05 Å². The predicted molar refractivity (Wildman–Crippen MR) is 90.8 cm³/mol. The molecule has 2 heterocycles. The zero-order valence-electron chi connectivity index (χ0n) is 13.3. The van der Waals surface area contributed by atoms with Gasteiger partial charge in [0.15, 0.2) is 0 Å². The summed E-state index contributed by atoms with van der Waals surface area (Å²) in [6.45, 7) is 2.43. The average Bonchev–Trinajstić information content (AvgIpc) is 3.22. The van der Waals surface area contributed by atoms with E-state index in [-0.39, 0.29) is 11.8 Å². The van der Waals surface area contributed by atoms with Crippen molar-refractivity contribution >= 4 is 17.5 Å². The van der Waals surface area contributed by atoms with Gasteiger partial charge in [0.25, 0.3) is 5.91 Å². The number of hydrogen-bond donors (Lipinski definition) is 2. The second kappa shape index (κ2) is 6.84. The molecule has 1 amide bonds. The summed E-state index contributed by atoms with van der Waals surface area (Å²) in [4.78, 5) is 12.3. The molecule has 0 aliphatic heterocycles. The summed E-state index contributed by atoms with van der Waals surface area (Å²) in [5.41, 5.74) is 1.80. The van der Waals surface area contributed by atoms with Gasteiger partial charge in [-0.2, -0.15) is 5.10 Å². The van der Waals surface area contributed by atoms with Crippen LogP contribution in [0.3, 0.4) is 0 Å². The van der Waals surface area contributed by atoms with Crippen LogP contribution in [-0.4, -0.2) is 37.4 Å². The molecule has 8 heteroatoms. The molecule has 3 rings (SSSR count). The second-order valence-electron chi connectivity index (χ2n) is 5.56. The van der Waals surface area contributed by atoms with Crippen LogP contribution in [0.4, 0.5) is 0 Å². The van der Waals surface area contributed by atoms with E-state index in [0.29, 0.717) is 23.0 Å². The van der Waals surface area contributed by atoms with E-state index >= 15 is 0 Å². The monoisotopic (exact) mass is 344 g/mol. The predicted octanol–water partition coefficient (Wildman–Crippen LogP) is 2.39. The third-order valence-corrected chi connectivity index (χ3v) is 4.06. The number of aryl methyl sites for hydroxylation is 1. The number of H-pyrrole nitrogens is 1. The highest BCUT2D eigenvalue weighted by Gasteiger charge is 2.16. The first-order valence-electron chi connectivity index (χ1n) is 7.48. The Labute approximate surface area is 144 Å². The molecule has 0 fully saturated rings. The van der Waals surface area contributed by atoms with E-state index < -0.39 is 0 Å². The molecule has 124 valence electrons. The van der Waals surface area contributed by atoms with Crippen LogP contribution in [0.25, 0.3) is 11.3 Å². The highest BCUT2D eigenvalue weighted by atomic mass is 35.5. The molecule has 24 heavy (non-hydrogen) atoms. The Hall–Kier alpha value is -2.67. The van der Waals surface area contributed by atoms with Crippen LogP contribution in [-0.2, 0) is 7.05 Å². The Morgan fingerprint density at radius 2 is 2.21 bits per heavy atom. The van der Waals surface area contributed by atoms with Gasteiger partial charge in [0.05, 0.1) is 10.7 Å². The van der Waals surface area contributed by atoms with Crippen LogP contribution in [0.15, 0.2) is 36.7 Å². The SMILES string of the molecule is C[C@@H](CNC(=O)c1cc(-c2ccccc2Cl)n[nH]1)c1nncn1C. The smallest absolute Gasteiger partial charge is 0.269 e. The van der Waals surface area contributed by atoms with Crippen LogP contribution in [0.2, 0.25) is 5.02 Å². The third-order valence-electron chi connectivity index (χ3n) is 3.73. The Morgan fingerprint density at radius 1 is 1.42 bits per heavy atom. The van der Waals surface area contributed by atoms with Crippen molar-refractivity contribution in [1.82, 2.24) is 30.3 Å². The van der Waals surface area contributed by atoms with Gasteiger partial charge in [-0.1, -0.05) is 36.7 Å². The number of aromatic nitrogens is 5. The van der Waals surface area contributed by atoms with Gasteiger partial charge in [0.2, 0.25) is 0 Å². The molecule has 0 saturated heterocycles. The van der Waals surface area contributed by atoms with E-state index in [0.717, 1.165) is 11.4 Å². The minimum atomic E-state index is -0.227. The van der Waals surface area contributed by atoms with E-state index in [2.05, 4.69) is 25.7 Å². The zero-order valence-corrected chi connectivity index (χ0v) is 14.1. The summed E-state index contributed by atoms with van der Waals surface area (Å²) in [5, 5.41) is 18.3. The fraction of sp³-hybridized carbons (Fsp3) is 0.250. The molecule has 0 aliphatic carbocycles. The van der Waals surface area contributed by atoms with E-state index in [1.165, 1.54) is 0 Å². The van der Waals surface area contributed by atoms with Gasteiger partial charge in [-0.25, -0.2) is 0 Å². The van der Waals surface area contributed by atoms with Crippen LogP contribution >= 0.6 is 11.6 Å². The lowest BCUT2D eigenvalue weighted by molar-refractivity contribution is 0.0946. The first-order chi connectivity index (χ1) is 11.6. The number of aromatic amines is 1. The first kappa shape index (κ1) is 16.2. The lowest BCUT2D eigenvalue weighted by Gasteiger charge is -2.11. The lowest BCUT2D eigenvalue weighted by atomic mass is 10.1. The summed E-state index contributed by atoms with van der Waals surface area (Å²) in [7, 11) is 1.87. The van der Waals surface area contributed by atoms with E-state index in [9.17, 15) is 4.79 Å². The summed E-state index contributed by atoms with van der Waals surface area (Å²) in [6, 6.07) is 9.05. The number of benzene rings is 1. The number of carbonyl (C=O) groups is 1. The highest BCUT2D eigenvalue weighted by molar-refractivity contribution is 6.33. The maximum atomic E-state index is 12.3. The molecule has 3 aromatic rings. The quantitative estimate of drug-likeness (QED) is 0.743. The number of hydrogen-bond acceptors (Lipinski definition) is 4. The first-order valence-corrected chi connectivity index (χ1v) is 7.86. The molecular weight excluding hydrogens is 328 g/mol. The van der Waals surface area contributed by atoms with E-state index in [1.807, 2.05) is 36.7 Å². The molecule has 0 radical (unpaired) electrons. The van der Waals surface area contributed by atoms with Crippen molar-refractivity contribution in [3.63, 3.8) is 0 Å². The number of nitrogens with one attached hydrogen (secondary N) is 2. The largest absolute Gasteiger partial charge is 0.350 e. The van der Waals surface area contributed by atoms with Gasteiger partial charge in [0.1, 0.15) is 17.8 Å². The molecular formula is C16H17ClN6O. The van der Waals surface area contributed by atoms with Gasteiger partial charge >= 0.3 is 0 Å². The van der Waals surface area contributed by atoms with Crippen LogP contribution < -0.4 is 5.32 Å². The molecule has 0 bridgehead atoms. The number of halogens is 1. The molecule has 1 atom stereocenters. The summed E-state index contributed by atoms with van der Waals surface area (Å²) >= 11 is 6.15. The number of amides is 1. The van der Waals surface area contributed by atoms with Gasteiger partial charge in [-0.05, 0) is 12.1 Å². The molecule has 0 aliphatic rings. The maximum Gasteiger partial charge on any atom is 0.269 e. The van der Waals surface area contributed by atoms with Crippen molar-refractivity contribution in [2.75, 3.05) is 6.54 Å². The molecule has 2 N–H and O–H groups in total. The number of nitrogens with zero attached hydrogens (tertiary/aromatic N) is 4. The molecule has 2 aromatic heterocycles. The standard InChI is InChI=1S/C16H17ClN6O/c1-10(15-22-19-9-23(15)2)8-18-16(24)14-7-13(20-21-14)11-5-3-4-6-12(11)17/h3-7,9-10H,8H2,1-2H3,(H,18,24)(H,20,21)/t10-/m0/s1. The second-order valence-corrected chi connectivity index (χ2v) is 5.97. The van der Waals surface area contributed by atoms with Gasteiger partial charge in [0, 0.05) is 25.1 Å². The van der Waals surface area contributed by atoms with Crippen molar-refractivity contribution in [3.05, 3.63) is 53.2 Å². The minimum Gasteiger partial charge on any atom is -0.350 e. The fourth-order valence-corrected chi connectivity index (χ4v) is 2.65. The van der Waals surface area contributed by atoms with Gasteiger partial charge in [-0.3, -0.25) is 9.89 Å². The Kier molecular flexibility index (Phi) is 4.61. The lowest BCUT2D eigenvalue weighted by Crippen LogP contribution is -2.28. The number of carbonyl (C=O) groups excluding carboxylic acids is 1. The molecule has 0 spiro atoms. The van der Waals surface area contributed by atoms with E-state index in [1.54, 1.807) is 18.5 Å². The Balaban J connectivity index is 1.66. The van der Waals surface area contributed by atoms with Crippen molar-refractivity contribution < 1.29 is 4.79 Å². The number of rotatable bonds is 5. The van der Waals surface area contributed by atoms with E-state index in [4.69, 9.17) is 11.6 Å². The van der Waals surface area contributed by atoms with Crippen molar-refractivity contribution in [3.8, 4) is 11.3 Å². The fourth-order valence-electron chi connectivity index (χ4n) is 2.42. The van der Waals surface area contributed by atoms with Crippen LogP contribution in [0.1, 0.15) is 29.2 Å². The Bertz CT molecular complexity index is 856. The zero-order chi connectivity index (χ0) is 17.1. The van der Waals surface area contributed by atoms with Gasteiger partial charge in [-0.15, -0.1) is 10.2 Å². The Morgan fingerprint density at radius 3 is 2.92 bits per heavy atom. The normalized spacial score (nSPS) is 12.1. The molecule has 7 nitrogen and oxygen atoms in total. The molecule has 1 aromatic carbocycles. The average molecular weight is 345 g/mol. The van der Waals surface area contributed by atoms with Crippen molar-refractivity contribution in [2.45, 2.75) is 12.8 Å². The van der Waals surface area contributed by atoms with Crippen molar-refractivity contribution in [1.29, 1.82) is 0 Å². The maximum absolute atomic E-state index is 12.3. The van der Waals surface area contributed by atoms with Crippen LogP contribution in [0, 0.1) is 0 Å². The van der Waals surface area contributed by atoms with Gasteiger partial charge < -0.3 is 9.88 Å². The summed E-state index contributed by atoms with van der Waals surface area (Å²) in [6.07, 6.45) is 1.64. The van der Waals surface area contributed by atoms with Crippen LogP contribution in [0.5, 0.6) is 0 Å². The summed E-state index contributed by atoms with van der Waals surface area (Å²) < 4.78 is 1.84.